The summed E-state index contributed by atoms with van der Waals surface area (Å²) in [6.45, 7) is 2.69. The Morgan fingerprint density at radius 2 is 1.83 bits per heavy atom. The number of rotatable bonds is 6. The third kappa shape index (κ3) is 4.38. The van der Waals surface area contributed by atoms with Crippen molar-refractivity contribution in [1.82, 2.24) is 9.97 Å². The average Bonchev–Trinajstić information content (AvgIpc) is 2.79. The standard InChI is InChI=1S/C22H24N4O4/c1-28-17-6-7-20(29-2)19(13-17)23-21-14-18(15-4-3-5-16(27)12-15)24-22(25-21)26-8-10-30-11-9-26/h3-7,12-14,27H,8-11H2,1-2H3,(H,23,24,25). The molecule has 8 nitrogen and oxygen atoms in total. The maximum atomic E-state index is 9.91. The van der Waals surface area contributed by atoms with Gasteiger partial charge >= 0.3 is 0 Å². The smallest absolute Gasteiger partial charge is 0.228 e. The zero-order valence-corrected chi connectivity index (χ0v) is 17.0. The molecule has 0 unspecified atom stereocenters. The number of hydrogen-bond donors (Lipinski definition) is 2. The highest BCUT2D eigenvalue weighted by Gasteiger charge is 2.17. The Balaban J connectivity index is 1.76. The summed E-state index contributed by atoms with van der Waals surface area (Å²) in [6, 6.07) is 14.4. The van der Waals surface area contributed by atoms with Gasteiger partial charge < -0.3 is 29.5 Å². The first-order chi connectivity index (χ1) is 14.7. The van der Waals surface area contributed by atoms with Crippen LogP contribution in [0.3, 0.4) is 0 Å². The summed E-state index contributed by atoms with van der Waals surface area (Å²) in [4.78, 5) is 11.5. The first-order valence-corrected chi connectivity index (χ1v) is 9.66. The van der Waals surface area contributed by atoms with E-state index in [-0.39, 0.29) is 5.75 Å². The number of phenolic OH excluding ortho intramolecular Hbond substituents is 1. The van der Waals surface area contributed by atoms with Crippen LogP contribution in [-0.4, -0.2) is 55.6 Å². The quantitative estimate of drug-likeness (QED) is 0.641. The predicted molar refractivity (Wildman–Crippen MR) is 115 cm³/mol. The van der Waals surface area contributed by atoms with Crippen LogP contribution in [0.5, 0.6) is 17.2 Å². The van der Waals surface area contributed by atoms with Crippen LogP contribution in [0.1, 0.15) is 0 Å². The van der Waals surface area contributed by atoms with Gasteiger partial charge in [0.25, 0.3) is 0 Å². The lowest BCUT2D eigenvalue weighted by molar-refractivity contribution is 0.122. The molecule has 0 aliphatic carbocycles. The van der Waals surface area contributed by atoms with Crippen molar-refractivity contribution >= 4 is 17.5 Å². The summed E-state index contributed by atoms with van der Waals surface area (Å²) in [6.07, 6.45) is 0. The molecule has 4 rings (SSSR count). The number of methoxy groups -OCH3 is 2. The van der Waals surface area contributed by atoms with Gasteiger partial charge in [-0.2, -0.15) is 4.98 Å². The molecule has 156 valence electrons. The first kappa shape index (κ1) is 19.8. The Morgan fingerprint density at radius 1 is 1.00 bits per heavy atom. The van der Waals surface area contributed by atoms with Crippen molar-refractivity contribution in [2.45, 2.75) is 0 Å². The van der Waals surface area contributed by atoms with Crippen LogP contribution >= 0.6 is 0 Å². The van der Waals surface area contributed by atoms with Crippen LogP contribution in [-0.2, 0) is 4.74 Å². The topological polar surface area (TPSA) is 89.0 Å². The Labute approximate surface area is 175 Å². The fraction of sp³-hybridized carbons (Fsp3) is 0.273. The van der Waals surface area contributed by atoms with Crippen molar-refractivity contribution in [2.75, 3.05) is 50.7 Å². The molecule has 2 N–H and O–H groups in total. The van der Waals surface area contributed by atoms with Crippen LogP contribution in [0.4, 0.5) is 17.5 Å². The highest BCUT2D eigenvalue weighted by atomic mass is 16.5. The van der Waals surface area contributed by atoms with Crippen LogP contribution in [0.2, 0.25) is 0 Å². The highest BCUT2D eigenvalue weighted by molar-refractivity contribution is 5.71. The van der Waals surface area contributed by atoms with E-state index in [0.717, 1.165) is 11.3 Å². The van der Waals surface area contributed by atoms with E-state index in [1.807, 2.05) is 30.3 Å². The van der Waals surface area contributed by atoms with Crippen molar-refractivity contribution in [2.24, 2.45) is 0 Å². The minimum atomic E-state index is 0.183. The monoisotopic (exact) mass is 408 g/mol. The molecule has 0 radical (unpaired) electrons. The SMILES string of the molecule is COc1ccc(OC)c(Nc2cc(-c3cccc(O)c3)nc(N3CCOCC3)n2)c1. The van der Waals surface area contributed by atoms with Crippen molar-refractivity contribution in [1.29, 1.82) is 0 Å². The van der Waals surface area contributed by atoms with E-state index in [4.69, 9.17) is 24.2 Å². The van der Waals surface area contributed by atoms with Gasteiger partial charge in [-0.3, -0.25) is 0 Å². The number of phenols is 1. The molecule has 1 aliphatic rings. The molecule has 0 spiro atoms. The number of anilines is 3. The van der Waals surface area contributed by atoms with Gasteiger partial charge in [-0.05, 0) is 24.3 Å². The Morgan fingerprint density at radius 3 is 2.57 bits per heavy atom. The largest absolute Gasteiger partial charge is 0.508 e. The highest BCUT2D eigenvalue weighted by Crippen LogP contribution is 2.33. The van der Waals surface area contributed by atoms with Gasteiger partial charge in [0, 0.05) is 30.8 Å². The molecule has 0 bridgehead atoms. The van der Waals surface area contributed by atoms with E-state index in [1.54, 1.807) is 32.4 Å². The molecule has 0 amide bonds. The summed E-state index contributed by atoms with van der Waals surface area (Å²) in [5.41, 5.74) is 2.23. The fourth-order valence-corrected chi connectivity index (χ4v) is 3.27. The fourth-order valence-electron chi connectivity index (χ4n) is 3.27. The molecule has 1 fully saturated rings. The van der Waals surface area contributed by atoms with Crippen LogP contribution in [0.15, 0.2) is 48.5 Å². The minimum Gasteiger partial charge on any atom is -0.508 e. The molecule has 8 heteroatoms. The predicted octanol–water partition coefficient (Wildman–Crippen LogP) is 3.45. The number of aromatic hydroxyl groups is 1. The normalized spacial score (nSPS) is 13.7. The number of nitrogens with one attached hydrogen (secondary N) is 1. The van der Waals surface area contributed by atoms with E-state index < -0.39 is 0 Å². The van der Waals surface area contributed by atoms with Crippen molar-refractivity contribution < 1.29 is 19.3 Å². The summed E-state index contributed by atoms with van der Waals surface area (Å²) in [5.74, 6) is 2.76. The molecular formula is C22H24N4O4. The molecule has 2 heterocycles. The lowest BCUT2D eigenvalue weighted by atomic mass is 10.1. The van der Waals surface area contributed by atoms with Gasteiger partial charge in [0.2, 0.25) is 5.95 Å². The Kier molecular flexibility index (Phi) is 5.85. The molecule has 0 atom stereocenters. The van der Waals surface area contributed by atoms with Gasteiger partial charge in [-0.15, -0.1) is 0 Å². The third-order valence-corrected chi connectivity index (χ3v) is 4.82. The van der Waals surface area contributed by atoms with Crippen LogP contribution in [0, 0.1) is 0 Å². The summed E-state index contributed by atoms with van der Waals surface area (Å²) < 4.78 is 16.3. The van der Waals surface area contributed by atoms with E-state index in [1.165, 1.54) is 0 Å². The molecular weight excluding hydrogens is 384 g/mol. The maximum absolute atomic E-state index is 9.91. The summed E-state index contributed by atoms with van der Waals surface area (Å²) in [7, 11) is 3.23. The maximum Gasteiger partial charge on any atom is 0.228 e. The minimum absolute atomic E-state index is 0.183. The van der Waals surface area contributed by atoms with Gasteiger partial charge in [-0.25, -0.2) is 4.98 Å². The Hall–Kier alpha value is -3.52. The van der Waals surface area contributed by atoms with E-state index in [2.05, 4.69) is 10.2 Å². The average molecular weight is 408 g/mol. The lowest BCUT2D eigenvalue weighted by Gasteiger charge is -2.27. The van der Waals surface area contributed by atoms with E-state index >= 15 is 0 Å². The van der Waals surface area contributed by atoms with Crippen molar-refractivity contribution in [3.63, 3.8) is 0 Å². The molecule has 1 saturated heterocycles. The second-order valence-electron chi connectivity index (χ2n) is 6.78. The molecule has 0 saturated carbocycles. The van der Waals surface area contributed by atoms with Crippen LogP contribution in [0.25, 0.3) is 11.3 Å². The zero-order valence-electron chi connectivity index (χ0n) is 17.0. The molecule has 1 aromatic heterocycles. The van der Waals surface area contributed by atoms with E-state index in [9.17, 15) is 5.11 Å². The molecule has 30 heavy (non-hydrogen) atoms. The molecule has 3 aromatic rings. The second kappa shape index (κ2) is 8.87. The number of morpholine rings is 1. The summed E-state index contributed by atoms with van der Waals surface area (Å²) in [5, 5.41) is 13.2. The molecule has 2 aromatic carbocycles. The van der Waals surface area contributed by atoms with Crippen LogP contribution < -0.4 is 19.7 Å². The lowest BCUT2D eigenvalue weighted by Crippen LogP contribution is -2.37. The second-order valence-corrected chi connectivity index (χ2v) is 6.78. The summed E-state index contributed by atoms with van der Waals surface area (Å²) >= 11 is 0. The Bertz CT molecular complexity index is 1020. The molecule has 1 aliphatic heterocycles. The van der Waals surface area contributed by atoms with Gasteiger partial charge in [0.1, 0.15) is 23.1 Å². The van der Waals surface area contributed by atoms with Gasteiger partial charge in [0.05, 0.1) is 38.8 Å². The first-order valence-electron chi connectivity index (χ1n) is 9.66. The zero-order chi connectivity index (χ0) is 20.9. The van der Waals surface area contributed by atoms with E-state index in [0.29, 0.717) is 55.3 Å². The number of hydrogen-bond acceptors (Lipinski definition) is 8. The number of benzene rings is 2. The number of ether oxygens (including phenoxy) is 3. The third-order valence-electron chi connectivity index (χ3n) is 4.82. The number of aromatic nitrogens is 2. The van der Waals surface area contributed by atoms with Gasteiger partial charge in [-0.1, -0.05) is 12.1 Å². The van der Waals surface area contributed by atoms with Crippen molar-refractivity contribution in [3.05, 3.63) is 48.5 Å². The van der Waals surface area contributed by atoms with Gasteiger partial charge in [0.15, 0.2) is 0 Å². The van der Waals surface area contributed by atoms with Crippen molar-refractivity contribution in [3.8, 4) is 28.5 Å². The number of nitrogens with zero attached hydrogens (tertiary/aromatic N) is 3.